The van der Waals surface area contributed by atoms with Crippen molar-refractivity contribution in [1.82, 2.24) is 25.5 Å². The minimum absolute atomic E-state index is 0.0506. The Hall–Kier alpha value is -3.27. The number of nitrogens with one attached hydrogen (secondary N) is 1. The molecule has 0 saturated heterocycles. The van der Waals surface area contributed by atoms with Crippen LogP contribution in [0.3, 0.4) is 0 Å². The fourth-order valence-corrected chi connectivity index (χ4v) is 2.92. The Morgan fingerprint density at radius 3 is 2.70 bits per heavy atom. The number of aromatic carboxylic acids is 1. The normalized spacial score (nSPS) is 10.6. The van der Waals surface area contributed by atoms with Crippen LogP contribution in [0.2, 0.25) is 0 Å². The van der Waals surface area contributed by atoms with Crippen LogP contribution in [0.5, 0.6) is 0 Å². The average molecular weight is 386 g/mol. The van der Waals surface area contributed by atoms with E-state index in [-0.39, 0.29) is 29.6 Å². The standard InChI is InChI=1S/C17H14FN5O3S/c18-13-4-6-14(7-5-13)23-17(20-21-22-23)27-10-15(24)19-9-11-2-1-3-12(8-11)16(25)26/h1-8H,9-10H2,(H,19,24)(H,25,26)/p-1. The first-order chi connectivity index (χ1) is 13.0. The molecule has 1 N–H and O–H groups in total. The van der Waals surface area contributed by atoms with E-state index < -0.39 is 5.97 Å². The number of hydrogen-bond acceptors (Lipinski definition) is 7. The molecule has 138 valence electrons. The van der Waals surface area contributed by atoms with E-state index in [0.717, 1.165) is 11.8 Å². The van der Waals surface area contributed by atoms with Gasteiger partial charge in [-0.1, -0.05) is 30.0 Å². The molecule has 0 bridgehead atoms. The second kappa shape index (κ2) is 8.41. The first-order valence-corrected chi connectivity index (χ1v) is 8.75. The highest BCUT2D eigenvalue weighted by atomic mass is 32.2. The number of tetrazole rings is 1. The van der Waals surface area contributed by atoms with Crippen molar-refractivity contribution in [2.75, 3.05) is 5.75 Å². The van der Waals surface area contributed by atoms with Crippen molar-refractivity contribution < 1.29 is 19.1 Å². The van der Waals surface area contributed by atoms with E-state index in [2.05, 4.69) is 20.8 Å². The summed E-state index contributed by atoms with van der Waals surface area (Å²) in [6.07, 6.45) is 0. The minimum atomic E-state index is -1.27. The Morgan fingerprint density at radius 1 is 1.19 bits per heavy atom. The lowest BCUT2D eigenvalue weighted by Crippen LogP contribution is -2.25. The molecule has 3 aromatic rings. The van der Waals surface area contributed by atoms with Crippen molar-refractivity contribution in [2.24, 2.45) is 0 Å². The molecular formula is C17H13FN5O3S-. The first kappa shape index (κ1) is 18.5. The predicted octanol–water partition coefficient (Wildman–Crippen LogP) is 0.573. The van der Waals surface area contributed by atoms with E-state index in [1.54, 1.807) is 12.1 Å². The molecule has 0 atom stereocenters. The van der Waals surface area contributed by atoms with Gasteiger partial charge in [0.1, 0.15) is 5.82 Å². The SMILES string of the molecule is O=C(CSc1nnnn1-c1ccc(F)cc1)NCc1cccc(C(=O)[O-])c1. The molecule has 0 aliphatic heterocycles. The highest BCUT2D eigenvalue weighted by Gasteiger charge is 2.11. The third-order valence-electron chi connectivity index (χ3n) is 3.50. The van der Waals surface area contributed by atoms with Gasteiger partial charge in [-0.25, -0.2) is 4.39 Å². The molecule has 0 radical (unpaired) electrons. The summed E-state index contributed by atoms with van der Waals surface area (Å²) in [4.78, 5) is 22.9. The number of aromatic nitrogens is 4. The number of thioether (sulfide) groups is 1. The van der Waals surface area contributed by atoms with Crippen molar-refractivity contribution >= 4 is 23.6 Å². The summed E-state index contributed by atoms with van der Waals surface area (Å²) in [5.41, 5.74) is 1.27. The number of carboxylic acid groups (broad SMARTS) is 1. The fraction of sp³-hybridized carbons (Fsp3) is 0.118. The Balaban J connectivity index is 1.56. The Morgan fingerprint density at radius 2 is 1.96 bits per heavy atom. The summed E-state index contributed by atoms with van der Waals surface area (Å²) in [6.45, 7) is 0.184. The van der Waals surface area contributed by atoms with Gasteiger partial charge in [0.2, 0.25) is 11.1 Å². The zero-order valence-electron chi connectivity index (χ0n) is 13.8. The molecule has 0 saturated carbocycles. The molecule has 3 rings (SSSR count). The average Bonchev–Trinajstić information content (AvgIpc) is 3.14. The van der Waals surface area contributed by atoms with Crippen molar-refractivity contribution in [3.05, 3.63) is 65.5 Å². The molecule has 1 amide bonds. The maximum Gasteiger partial charge on any atom is 0.230 e. The maximum atomic E-state index is 13.0. The van der Waals surface area contributed by atoms with E-state index in [4.69, 9.17) is 0 Å². The maximum absolute atomic E-state index is 13.0. The molecule has 2 aromatic carbocycles. The summed E-state index contributed by atoms with van der Waals surface area (Å²) < 4.78 is 14.4. The summed E-state index contributed by atoms with van der Waals surface area (Å²) >= 11 is 1.12. The highest BCUT2D eigenvalue weighted by molar-refractivity contribution is 7.99. The molecule has 1 heterocycles. The summed E-state index contributed by atoms with van der Waals surface area (Å²) in [5.74, 6) is -1.86. The number of hydrogen-bond donors (Lipinski definition) is 1. The second-order valence-corrected chi connectivity index (χ2v) is 6.35. The second-order valence-electron chi connectivity index (χ2n) is 5.40. The Kier molecular flexibility index (Phi) is 5.77. The van der Waals surface area contributed by atoms with Gasteiger partial charge >= 0.3 is 0 Å². The quantitative estimate of drug-likeness (QED) is 0.591. The van der Waals surface area contributed by atoms with Gasteiger partial charge in [-0.2, -0.15) is 4.68 Å². The highest BCUT2D eigenvalue weighted by Crippen LogP contribution is 2.18. The van der Waals surface area contributed by atoms with E-state index in [9.17, 15) is 19.1 Å². The number of halogens is 1. The van der Waals surface area contributed by atoms with Gasteiger partial charge < -0.3 is 15.2 Å². The van der Waals surface area contributed by atoms with E-state index >= 15 is 0 Å². The van der Waals surface area contributed by atoms with Crippen molar-refractivity contribution in [3.8, 4) is 5.69 Å². The van der Waals surface area contributed by atoms with Gasteiger partial charge in [-0.05, 0) is 51.9 Å². The number of benzene rings is 2. The van der Waals surface area contributed by atoms with Gasteiger partial charge in [-0.3, -0.25) is 4.79 Å². The van der Waals surface area contributed by atoms with Crippen LogP contribution in [0.1, 0.15) is 15.9 Å². The molecule has 8 nitrogen and oxygen atoms in total. The fourth-order valence-electron chi connectivity index (χ4n) is 2.20. The number of carboxylic acids is 1. The van der Waals surface area contributed by atoms with Crippen LogP contribution in [0.25, 0.3) is 5.69 Å². The summed E-state index contributed by atoms with van der Waals surface area (Å²) in [6, 6.07) is 11.8. The molecule has 0 aliphatic rings. The van der Waals surface area contributed by atoms with Gasteiger partial charge in [0, 0.05) is 6.54 Å². The lowest BCUT2D eigenvalue weighted by Gasteiger charge is -2.08. The van der Waals surface area contributed by atoms with Crippen LogP contribution in [0, 0.1) is 5.82 Å². The van der Waals surface area contributed by atoms with Crippen LogP contribution in [0.4, 0.5) is 4.39 Å². The van der Waals surface area contributed by atoms with E-state index in [0.29, 0.717) is 16.4 Å². The lowest BCUT2D eigenvalue weighted by atomic mass is 10.1. The van der Waals surface area contributed by atoms with Crippen LogP contribution < -0.4 is 10.4 Å². The summed E-state index contributed by atoms with van der Waals surface area (Å²) in [7, 11) is 0. The topological polar surface area (TPSA) is 113 Å². The summed E-state index contributed by atoms with van der Waals surface area (Å²) in [5, 5.41) is 25.2. The molecular weight excluding hydrogens is 373 g/mol. The van der Waals surface area contributed by atoms with Crippen LogP contribution in [-0.4, -0.2) is 37.8 Å². The van der Waals surface area contributed by atoms with Crippen molar-refractivity contribution in [2.45, 2.75) is 11.7 Å². The molecule has 10 heteroatoms. The molecule has 0 spiro atoms. The monoisotopic (exact) mass is 386 g/mol. The number of rotatable bonds is 7. The number of carbonyl (C=O) groups excluding carboxylic acids is 2. The third-order valence-corrected chi connectivity index (χ3v) is 4.42. The number of nitrogens with zero attached hydrogens (tertiary/aromatic N) is 4. The zero-order chi connectivity index (χ0) is 19.2. The number of amides is 1. The zero-order valence-corrected chi connectivity index (χ0v) is 14.6. The third kappa shape index (κ3) is 4.88. The predicted molar refractivity (Wildman–Crippen MR) is 92.5 cm³/mol. The van der Waals surface area contributed by atoms with E-state index in [1.807, 2.05) is 0 Å². The largest absolute Gasteiger partial charge is 0.545 e. The Labute approximate surface area is 157 Å². The van der Waals surface area contributed by atoms with Crippen molar-refractivity contribution in [1.29, 1.82) is 0 Å². The lowest BCUT2D eigenvalue weighted by molar-refractivity contribution is -0.255. The van der Waals surface area contributed by atoms with Gasteiger partial charge in [0.15, 0.2) is 0 Å². The smallest absolute Gasteiger partial charge is 0.230 e. The van der Waals surface area contributed by atoms with Crippen LogP contribution in [0.15, 0.2) is 53.7 Å². The van der Waals surface area contributed by atoms with Gasteiger partial charge in [-0.15, -0.1) is 5.10 Å². The van der Waals surface area contributed by atoms with Gasteiger partial charge in [0.05, 0.1) is 17.4 Å². The molecule has 0 unspecified atom stereocenters. The minimum Gasteiger partial charge on any atom is -0.545 e. The molecule has 0 aliphatic carbocycles. The van der Waals surface area contributed by atoms with Crippen LogP contribution >= 0.6 is 11.8 Å². The van der Waals surface area contributed by atoms with Gasteiger partial charge in [0.25, 0.3) is 0 Å². The van der Waals surface area contributed by atoms with Crippen molar-refractivity contribution in [3.63, 3.8) is 0 Å². The molecule has 0 fully saturated rings. The Bertz CT molecular complexity index is 961. The van der Waals surface area contributed by atoms with E-state index in [1.165, 1.54) is 41.1 Å². The number of carbonyl (C=O) groups is 2. The first-order valence-electron chi connectivity index (χ1n) is 7.77. The van der Waals surface area contributed by atoms with Crippen LogP contribution in [-0.2, 0) is 11.3 Å². The molecule has 1 aromatic heterocycles. The molecule has 27 heavy (non-hydrogen) atoms.